The van der Waals surface area contributed by atoms with Crippen molar-refractivity contribution in [3.63, 3.8) is 0 Å². The minimum Gasteiger partial charge on any atom is -0.445 e. The molecule has 244 valence electrons. The molecule has 0 spiro atoms. The second-order valence-corrected chi connectivity index (χ2v) is 13.3. The van der Waals surface area contributed by atoms with Gasteiger partial charge >= 0.3 is 12.1 Å². The van der Waals surface area contributed by atoms with Crippen LogP contribution in [0.4, 0.5) is 15.3 Å². The molecule has 7 N–H and O–H groups in total. The molecule has 1 aromatic carbocycles. The van der Waals surface area contributed by atoms with E-state index in [1.54, 1.807) is 24.3 Å². The van der Waals surface area contributed by atoms with E-state index in [1.807, 2.05) is 34.6 Å². The van der Waals surface area contributed by atoms with Gasteiger partial charge in [0.25, 0.3) is 0 Å². The van der Waals surface area contributed by atoms with E-state index < -0.39 is 24.2 Å². The molecule has 0 unspecified atom stereocenters. The van der Waals surface area contributed by atoms with E-state index in [2.05, 4.69) is 47.4 Å². The summed E-state index contributed by atoms with van der Waals surface area (Å²) >= 11 is 0. The van der Waals surface area contributed by atoms with Crippen LogP contribution in [0.1, 0.15) is 80.2 Å². The Bertz CT molecular complexity index is 1020. The van der Waals surface area contributed by atoms with Crippen LogP contribution in [0, 0.1) is 11.3 Å². The van der Waals surface area contributed by atoms with Crippen LogP contribution in [0.25, 0.3) is 0 Å². The Hall–Kier alpha value is -3.38. The number of anilines is 1. The first-order chi connectivity index (χ1) is 20.0. The van der Waals surface area contributed by atoms with Crippen LogP contribution in [0.5, 0.6) is 0 Å². The molecule has 12 heteroatoms. The van der Waals surface area contributed by atoms with Gasteiger partial charge in [-0.3, -0.25) is 9.59 Å². The monoisotopic (exact) mass is 606 g/mol. The number of hydrogen-bond acceptors (Lipinski definition) is 7. The molecule has 0 aliphatic heterocycles. The van der Waals surface area contributed by atoms with E-state index in [0.29, 0.717) is 44.7 Å². The first-order valence-electron chi connectivity index (χ1n) is 15.0. The molecule has 12 nitrogen and oxygen atoms in total. The van der Waals surface area contributed by atoms with Gasteiger partial charge in [0.2, 0.25) is 11.8 Å². The predicted octanol–water partition coefficient (Wildman–Crippen LogP) is 3.65. The number of benzene rings is 1. The van der Waals surface area contributed by atoms with Crippen molar-refractivity contribution >= 4 is 29.6 Å². The topological polar surface area (TPSA) is 173 Å². The third kappa shape index (κ3) is 18.0. The molecule has 0 aromatic heterocycles. The SMILES string of the molecule is CC(C)[C@H](NC(C)(C)C)C(=O)N[C@@H](CCCNC(N)=O)C(=O)Nc1ccc(COC(=O)NCCCOCC(C)(C)C)cc1. The van der Waals surface area contributed by atoms with Gasteiger partial charge in [0.05, 0.1) is 12.6 Å². The number of primary amides is 1. The van der Waals surface area contributed by atoms with Crippen molar-refractivity contribution in [2.45, 2.75) is 98.9 Å². The van der Waals surface area contributed by atoms with Gasteiger partial charge in [-0.05, 0) is 69.1 Å². The Labute approximate surface area is 257 Å². The number of nitrogens with two attached hydrogens (primary N) is 1. The van der Waals surface area contributed by atoms with Crippen LogP contribution >= 0.6 is 0 Å². The number of carbonyl (C=O) groups excluding carboxylic acids is 4. The lowest BCUT2D eigenvalue weighted by molar-refractivity contribution is -0.129. The minimum atomic E-state index is -0.837. The molecule has 1 rings (SSSR count). The van der Waals surface area contributed by atoms with Gasteiger partial charge in [-0.25, -0.2) is 9.59 Å². The molecule has 0 radical (unpaired) electrons. The fraction of sp³-hybridized carbons (Fsp3) is 0.677. The molecule has 43 heavy (non-hydrogen) atoms. The Morgan fingerprint density at radius 3 is 2.07 bits per heavy atom. The second kappa shape index (κ2) is 18.3. The van der Waals surface area contributed by atoms with Crippen LogP contribution in [-0.2, 0) is 25.7 Å². The number of amides is 5. The molecule has 0 aliphatic rings. The average molecular weight is 607 g/mol. The Morgan fingerprint density at radius 2 is 1.51 bits per heavy atom. The number of alkyl carbamates (subject to hydrolysis) is 1. The van der Waals surface area contributed by atoms with Gasteiger partial charge in [-0.2, -0.15) is 0 Å². The maximum absolute atomic E-state index is 13.2. The summed E-state index contributed by atoms with van der Waals surface area (Å²) in [5, 5.41) is 14.2. The smallest absolute Gasteiger partial charge is 0.407 e. The molecule has 0 heterocycles. The number of carbonyl (C=O) groups is 4. The summed E-state index contributed by atoms with van der Waals surface area (Å²) < 4.78 is 10.9. The van der Waals surface area contributed by atoms with E-state index in [1.165, 1.54) is 0 Å². The molecule has 2 atom stereocenters. The molecular weight excluding hydrogens is 552 g/mol. The molecule has 0 bridgehead atoms. The number of hydrogen-bond donors (Lipinski definition) is 6. The zero-order valence-electron chi connectivity index (χ0n) is 27.2. The van der Waals surface area contributed by atoms with Gasteiger partial charge in [-0.15, -0.1) is 0 Å². The number of nitrogens with one attached hydrogen (secondary N) is 5. The summed E-state index contributed by atoms with van der Waals surface area (Å²) in [6.07, 6.45) is 0.900. The zero-order chi connectivity index (χ0) is 32.6. The normalized spacial score (nSPS) is 13.1. The summed E-state index contributed by atoms with van der Waals surface area (Å²) in [6, 6.07) is 4.90. The van der Waals surface area contributed by atoms with Crippen molar-refractivity contribution in [2.24, 2.45) is 17.1 Å². The molecule has 1 aromatic rings. The molecular formula is C31H54N6O6. The summed E-state index contributed by atoms with van der Waals surface area (Å²) in [5.74, 6) is -0.680. The Balaban J connectivity index is 2.68. The highest BCUT2D eigenvalue weighted by Gasteiger charge is 2.30. The minimum absolute atomic E-state index is 0.0104. The quantitative estimate of drug-likeness (QED) is 0.147. The summed E-state index contributed by atoms with van der Waals surface area (Å²) in [7, 11) is 0. The lowest BCUT2D eigenvalue weighted by Crippen LogP contribution is -2.57. The Morgan fingerprint density at radius 1 is 0.884 bits per heavy atom. The summed E-state index contributed by atoms with van der Waals surface area (Å²) in [4.78, 5) is 49.4. The Kier molecular flexibility index (Phi) is 16.0. The van der Waals surface area contributed by atoms with Crippen molar-refractivity contribution in [3.8, 4) is 0 Å². The van der Waals surface area contributed by atoms with Crippen LogP contribution in [0.2, 0.25) is 0 Å². The number of ether oxygens (including phenoxy) is 2. The van der Waals surface area contributed by atoms with Crippen molar-refractivity contribution in [3.05, 3.63) is 29.8 Å². The van der Waals surface area contributed by atoms with Gasteiger partial charge in [-0.1, -0.05) is 46.8 Å². The van der Waals surface area contributed by atoms with Gasteiger partial charge in [0.1, 0.15) is 12.6 Å². The second-order valence-electron chi connectivity index (χ2n) is 13.3. The zero-order valence-corrected chi connectivity index (χ0v) is 27.2. The van der Waals surface area contributed by atoms with E-state index in [-0.39, 0.29) is 41.8 Å². The van der Waals surface area contributed by atoms with E-state index in [4.69, 9.17) is 15.2 Å². The maximum Gasteiger partial charge on any atom is 0.407 e. The molecule has 0 saturated carbocycles. The summed E-state index contributed by atoms with van der Waals surface area (Å²) in [6.45, 7) is 18.1. The maximum atomic E-state index is 13.2. The summed E-state index contributed by atoms with van der Waals surface area (Å²) in [5.41, 5.74) is 6.21. The fourth-order valence-electron chi connectivity index (χ4n) is 3.91. The van der Waals surface area contributed by atoms with Crippen molar-refractivity contribution < 1.29 is 28.7 Å². The lowest BCUT2D eigenvalue weighted by atomic mass is 9.98. The number of urea groups is 1. The predicted molar refractivity (Wildman–Crippen MR) is 168 cm³/mol. The van der Waals surface area contributed by atoms with E-state index >= 15 is 0 Å². The van der Waals surface area contributed by atoms with Crippen molar-refractivity contribution in [1.29, 1.82) is 0 Å². The highest BCUT2D eigenvalue weighted by atomic mass is 16.5. The third-order valence-electron chi connectivity index (χ3n) is 6.00. The van der Waals surface area contributed by atoms with Crippen LogP contribution in [-0.4, -0.2) is 67.9 Å². The average Bonchev–Trinajstić information content (AvgIpc) is 2.89. The largest absolute Gasteiger partial charge is 0.445 e. The van der Waals surface area contributed by atoms with Crippen molar-refractivity contribution in [1.82, 2.24) is 21.3 Å². The van der Waals surface area contributed by atoms with E-state index in [9.17, 15) is 19.2 Å². The molecule has 0 aliphatic carbocycles. The highest BCUT2D eigenvalue weighted by molar-refractivity contribution is 5.97. The van der Waals surface area contributed by atoms with Crippen molar-refractivity contribution in [2.75, 3.05) is 31.6 Å². The fourth-order valence-corrected chi connectivity index (χ4v) is 3.91. The van der Waals surface area contributed by atoms with E-state index in [0.717, 1.165) is 5.56 Å². The van der Waals surface area contributed by atoms with Crippen LogP contribution in [0.15, 0.2) is 24.3 Å². The highest BCUT2D eigenvalue weighted by Crippen LogP contribution is 2.14. The lowest BCUT2D eigenvalue weighted by Gasteiger charge is -2.31. The van der Waals surface area contributed by atoms with Gasteiger partial charge in [0, 0.05) is 30.9 Å². The van der Waals surface area contributed by atoms with Crippen LogP contribution in [0.3, 0.4) is 0 Å². The number of rotatable bonds is 17. The third-order valence-corrected chi connectivity index (χ3v) is 6.00. The van der Waals surface area contributed by atoms with Gasteiger partial charge in [0.15, 0.2) is 0 Å². The molecule has 0 fully saturated rings. The first kappa shape index (κ1) is 37.6. The standard InChI is InChI=1S/C31H54N6O6/c1-21(2)25(37-31(6,7)8)27(39)36-24(11-9-16-33-28(32)40)26(38)35-23-14-12-22(13-15-23)19-43-29(41)34-17-10-18-42-20-30(3,4)5/h12-15,21,24-25,37H,9-11,16-20H2,1-8H3,(H,34,41)(H,35,38)(H,36,39)(H3,32,33,40)/t24-,25-/m0/s1. The van der Waals surface area contributed by atoms with Gasteiger partial charge < -0.3 is 41.8 Å². The molecule has 5 amide bonds. The van der Waals surface area contributed by atoms with Crippen LogP contribution < -0.4 is 32.3 Å². The molecule has 0 saturated heterocycles. The first-order valence-corrected chi connectivity index (χ1v) is 15.0.